The summed E-state index contributed by atoms with van der Waals surface area (Å²) in [5.41, 5.74) is 6.16. The molecular formula is C14H13F2NO2. The fourth-order valence-corrected chi connectivity index (χ4v) is 1.61. The van der Waals surface area contributed by atoms with E-state index in [9.17, 15) is 8.78 Å². The summed E-state index contributed by atoms with van der Waals surface area (Å²) in [5, 5.41) is 0. The molecule has 2 rings (SSSR count). The van der Waals surface area contributed by atoms with Crippen LogP contribution in [0, 0.1) is 18.6 Å². The van der Waals surface area contributed by atoms with E-state index in [1.165, 1.54) is 19.2 Å². The van der Waals surface area contributed by atoms with E-state index in [-0.39, 0.29) is 22.9 Å². The zero-order chi connectivity index (χ0) is 14.0. The Morgan fingerprint density at radius 1 is 1.05 bits per heavy atom. The molecule has 0 unspecified atom stereocenters. The fraction of sp³-hybridized carbons (Fsp3) is 0.143. The summed E-state index contributed by atoms with van der Waals surface area (Å²) in [6, 6.07) is 7.10. The van der Waals surface area contributed by atoms with E-state index in [1.807, 2.05) is 0 Å². The van der Waals surface area contributed by atoms with Crippen LogP contribution < -0.4 is 15.2 Å². The van der Waals surface area contributed by atoms with Gasteiger partial charge in [-0.25, -0.2) is 8.78 Å². The monoisotopic (exact) mass is 265 g/mol. The summed E-state index contributed by atoms with van der Waals surface area (Å²) in [5.74, 6) is -0.928. The first-order chi connectivity index (χ1) is 9.02. The Morgan fingerprint density at radius 2 is 1.79 bits per heavy atom. The largest absolute Gasteiger partial charge is 0.494 e. The van der Waals surface area contributed by atoms with E-state index >= 15 is 0 Å². The molecule has 2 aromatic rings. The minimum absolute atomic E-state index is 0.0164. The van der Waals surface area contributed by atoms with Crippen LogP contribution in [0.1, 0.15) is 5.56 Å². The zero-order valence-corrected chi connectivity index (χ0v) is 10.5. The smallest absolute Gasteiger partial charge is 0.168 e. The predicted molar refractivity (Wildman–Crippen MR) is 68.6 cm³/mol. The SMILES string of the molecule is COc1cc(Oc2cccc(C)c2F)c(N)cc1F. The summed E-state index contributed by atoms with van der Waals surface area (Å²) in [4.78, 5) is 0. The summed E-state index contributed by atoms with van der Waals surface area (Å²) < 4.78 is 37.4. The van der Waals surface area contributed by atoms with E-state index in [0.29, 0.717) is 5.56 Å². The Bertz CT molecular complexity index is 615. The minimum atomic E-state index is -0.600. The number of nitrogens with two attached hydrogens (primary N) is 1. The van der Waals surface area contributed by atoms with Crippen molar-refractivity contribution in [2.24, 2.45) is 0 Å². The summed E-state index contributed by atoms with van der Waals surface area (Å²) in [6.45, 7) is 1.62. The molecule has 3 nitrogen and oxygen atoms in total. The first-order valence-corrected chi connectivity index (χ1v) is 5.59. The molecule has 0 saturated carbocycles. The minimum Gasteiger partial charge on any atom is -0.494 e. The number of anilines is 1. The van der Waals surface area contributed by atoms with Crippen molar-refractivity contribution in [3.05, 3.63) is 47.5 Å². The summed E-state index contributed by atoms with van der Waals surface area (Å²) >= 11 is 0. The van der Waals surface area contributed by atoms with Gasteiger partial charge >= 0.3 is 0 Å². The van der Waals surface area contributed by atoms with E-state index in [0.717, 1.165) is 6.07 Å². The molecule has 0 aliphatic heterocycles. The molecule has 0 aliphatic carbocycles. The van der Waals surface area contributed by atoms with Gasteiger partial charge in [-0.2, -0.15) is 0 Å². The number of benzene rings is 2. The Hall–Kier alpha value is -2.30. The molecule has 0 radical (unpaired) electrons. The van der Waals surface area contributed by atoms with Crippen molar-refractivity contribution in [3.63, 3.8) is 0 Å². The number of rotatable bonds is 3. The van der Waals surface area contributed by atoms with Crippen LogP contribution in [0.4, 0.5) is 14.5 Å². The van der Waals surface area contributed by atoms with Gasteiger partial charge in [0.2, 0.25) is 0 Å². The van der Waals surface area contributed by atoms with Gasteiger partial charge in [-0.05, 0) is 18.6 Å². The third-order valence-electron chi connectivity index (χ3n) is 2.66. The van der Waals surface area contributed by atoms with Crippen LogP contribution in [0.5, 0.6) is 17.2 Å². The number of hydrogen-bond acceptors (Lipinski definition) is 3. The molecule has 0 bridgehead atoms. The van der Waals surface area contributed by atoms with Gasteiger partial charge in [0, 0.05) is 12.1 Å². The van der Waals surface area contributed by atoms with Gasteiger partial charge in [-0.15, -0.1) is 0 Å². The molecule has 5 heteroatoms. The third-order valence-corrected chi connectivity index (χ3v) is 2.66. The second-order valence-electron chi connectivity index (χ2n) is 4.01. The summed E-state index contributed by atoms with van der Waals surface area (Å²) in [7, 11) is 1.33. The van der Waals surface area contributed by atoms with Gasteiger partial charge in [0.05, 0.1) is 12.8 Å². The van der Waals surface area contributed by atoms with E-state index in [4.69, 9.17) is 15.2 Å². The van der Waals surface area contributed by atoms with Crippen molar-refractivity contribution in [2.45, 2.75) is 6.92 Å². The van der Waals surface area contributed by atoms with Crippen molar-refractivity contribution in [1.29, 1.82) is 0 Å². The first-order valence-electron chi connectivity index (χ1n) is 5.59. The lowest BCUT2D eigenvalue weighted by atomic mass is 10.2. The molecule has 0 fully saturated rings. The number of hydrogen-bond donors (Lipinski definition) is 1. The standard InChI is InChI=1S/C14H13F2NO2/c1-8-4-3-5-11(14(8)16)19-13-7-12(18-2)9(15)6-10(13)17/h3-7H,17H2,1-2H3. The molecule has 19 heavy (non-hydrogen) atoms. The average molecular weight is 265 g/mol. The van der Waals surface area contributed by atoms with Crippen molar-refractivity contribution in [2.75, 3.05) is 12.8 Å². The highest BCUT2D eigenvalue weighted by Gasteiger charge is 2.13. The van der Waals surface area contributed by atoms with Crippen LogP contribution in [0.2, 0.25) is 0 Å². The Kier molecular flexibility index (Phi) is 3.55. The zero-order valence-electron chi connectivity index (χ0n) is 10.5. The average Bonchev–Trinajstić information content (AvgIpc) is 2.38. The summed E-state index contributed by atoms with van der Waals surface area (Å²) in [6.07, 6.45) is 0. The highest BCUT2D eigenvalue weighted by molar-refractivity contribution is 5.57. The highest BCUT2D eigenvalue weighted by atomic mass is 19.1. The quantitative estimate of drug-likeness (QED) is 0.861. The molecule has 0 spiro atoms. The van der Waals surface area contributed by atoms with Crippen LogP contribution in [-0.2, 0) is 0 Å². The lowest BCUT2D eigenvalue weighted by Crippen LogP contribution is -1.98. The normalized spacial score (nSPS) is 10.3. The van der Waals surface area contributed by atoms with Gasteiger partial charge in [0.25, 0.3) is 0 Å². The van der Waals surface area contributed by atoms with Gasteiger partial charge in [0.15, 0.2) is 28.9 Å². The number of aryl methyl sites for hydroxylation is 1. The maximum atomic E-state index is 13.8. The lowest BCUT2D eigenvalue weighted by molar-refractivity contribution is 0.380. The Balaban J connectivity index is 2.41. The van der Waals surface area contributed by atoms with Crippen LogP contribution in [0.3, 0.4) is 0 Å². The highest BCUT2D eigenvalue weighted by Crippen LogP contribution is 2.34. The molecule has 2 aromatic carbocycles. The van der Waals surface area contributed by atoms with Crippen LogP contribution in [0.15, 0.2) is 30.3 Å². The molecule has 2 N–H and O–H groups in total. The van der Waals surface area contributed by atoms with Crippen molar-refractivity contribution < 1.29 is 18.3 Å². The number of ether oxygens (including phenoxy) is 2. The predicted octanol–water partition coefficient (Wildman–Crippen LogP) is 3.66. The molecule has 0 atom stereocenters. The van der Waals surface area contributed by atoms with Crippen LogP contribution in [0.25, 0.3) is 0 Å². The van der Waals surface area contributed by atoms with E-state index in [2.05, 4.69) is 0 Å². The first kappa shape index (κ1) is 13.1. The topological polar surface area (TPSA) is 44.5 Å². The van der Waals surface area contributed by atoms with Crippen molar-refractivity contribution in [1.82, 2.24) is 0 Å². The lowest BCUT2D eigenvalue weighted by Gasteiger charge is -2.12. The van der Waals surface area contributed by atoms with Gasteiger partial charge in [0.1, 0.15) is 0 Å². The fourth-order valence-electron chi connectivity index (χ4n) is 1.61. The van der Waals surface area contributed by atoms with Gasteiger partial charge in [-0.3, -0.25) is 0 Å². The van der Waals surface area contributed by atoms with Crippen LogP contribution in [-0.4, -0.2) is 7.11 Å². The molecule has 100 valence electrons. The molecule has 0 amide bonds. The molecule has 0 aliphatic rings. The molecule has 0 saturated heterocycles. The molecule has 0 heterocycles. The maximum Gasteiger partial charge on any atom is 0.168 e. The van der Waals surface area contributed by atoms with Crippen molar-refractivity contribution >= 4 is 5.69 Å². The van der Waals surface area contributed by atoms with E-state index < -0.39 is 11.6 Å². The maximum absolute atomic E-state index is 13.8. The van der Waals surface area contributed by atoms with E-state index in [1.54, 1.807) is 19.1 Å². The van der Waals surface area contributed by atoms with Crippen molar-refractivity contribution in [3.8, 4) is 17.2 Å². The number of halogens is 2. The van der Waals surface area contributed by atoms with Crippen LogP contribution >= 0.6 is 0 Å². The third kappa shape index (κ3) is 2.59. The number of nitrogen functional groups attached to an aromatic ring is 1. The second kappa shape index (κ2) is 5.14. The molecular weight excluding hydrogens is 252 g/mol. The Morgan fingerprint density at radius 3 is 2.47 bits per heavy atom. The van der Waals surface area contributed by atoms with Gasteiger partial charge in [-0.1, -0.05) is 12.1 Å². The van der Waals surface area contributed by atoms with Gasteiger partial charge < -0.3 is 15.2 Å². The Labute approximate surface area is 109 Å². The molecule has 0 aromatic heterocycles. The number of methoxy groups -OCH3 is 1. The second-order valence-corrected chi connectivity index (χ2v) is 4.01.